The molecule has 2 N–H and O–H groups in total. The van der Waals surface area contributed by atoms with Gasteiger partial charge in [0.15, 0.2) is 5.82 Å². The van der Waals surface area contributed by atoms with E-state index in [1.807, 2.05) is 12.2 Å². The lowest BCUT2D eigenvalue weighted by Crippen LogP contribution is -2.56. The number of aromatic nitrogens is 2. The quantitative estimate of drug-likeness (QED) is 0.231. The van der Waals surface area contributed by atoms with Crippen molar-refractivity contribution in [2.75, 3.05) is 6.54 Å². The lowest BCUT2D eigenvalue weighted by molar-refractivity contribution is -0.139. The number of hydrogen-bond acceptors (Lipinski definition) is 9. The number of para-hydroxylation sites is 1. The maximum atomic E-state index is 14.2. The first-order chi connectivity index (χ1) is 25.8. The fourth-order valence-corrected chi connectivity index (χ4v) is 8.77. The average Bonchev–Trinajstić information content (AvgIpc) is 4.04. The SMILES string of the molecule is O=C1N[C@]2(C(=O)NS(=O)(=O)C3CC3)C[C@H]2C=CCCCCCCC(=O)N2C[C@H](Oc3nc(-c4ccc(C(F)(F)F)cc4)nc4c3oc3ccccc34)C[C@@H]12. The van der Waals surface area contributed by atoms with E-state index in [0.717, 1.165) is 37.8 Å². The summed E-state index contributed by atoms with van der Waals surface area (Å²) in [6, 6.07) is 10.5. The zero-order valence-electron chi connectivity index (χ0n) is 29.1. The van der Waals surface area contributed by atoms with Crippen LogP contribution in [0.2, 0.25) is 0 Å². The van der Waals surface area contributed by atoms with Crippen molar-refractivity contribution in [3.8, 4) is 17.3 Å². The Bertz CT molecular complexity index is 2270. The molecular formula is C38H38F3N5O7S. The van der Waals surface area contributed by atoms with Gasteiger partial charge in [-0.1, -0.05) is 49.3 Å². The molecule has 0 radical (unpaired) electrons. The summed E-state index contributed by atoms with van der Waals surface area (Å²) < 4.78 is 80.3. The number of nitrogens with zero attached hydrogens (tertiary/aromatic N) is 3. The third kappa shape index (κ3) is 7.03. The maximum Gasteiger partial charge on any atom is 0.416 e. The number of alkyl halides is 3. The van der Waals surface area contributed by atoms with Crippen LogP contribution in [0.4, 0.5) is 13.2 Å². The molecule has 4 atom stereocenters. The Hall–Kier alpha value is -4.99. The molecule has 4 heterocycles. The van der Waals surface area contributed by atoms with Gasteiger partial charge in [0, 0.05) is 29.7 Å². The molecule has 8 rings (SSSR count). The molecule has 2 aromatic carbocycles. The number of carbonyl (C=O) groups excluding carboxylic acids is 3. The Morgan fingerprint density at radius 1 is 1.02 bits per heavy atom. The second kappa shape index (κ2) is 13.7. The Balaban J connectivity index is 1.11. The number of rotatable bonds is 6. The number of benzene rings is 2. The fraction of sp³-hybridized carbons (Fsp3) is 0.447. The number of furan rings is 1. The highest BCUT2D eigenvalue weighted by atomic mass is 32.2. The average molecular weight is 766 g/mol. The number of sulfonamides is 1. The third-order valence-corrected chi connectivity index (χ3v) is 12.5. The summed E-state index contributed by atoms with van der Waals surface area (Å²) in [6.07, 6.45) is 3.80. The first-order valence-corrected chi connectivity index (χ1v) is 19.7. The smallest absolute Gasteiger partial charge is 0.416 e. The Labute approximate surface area is 308 Å². The Morgan fingerprint density at radius 3 is 2.54 bits per heavy atom. The second-order valence-electron chi connectivity index (χ2n) is 14.6. The molecule has 2 saturated carbocycles. The zero-order chi connectivity index (χ0) is 37.8. The highest BCUT2D eigenvalue weighted by Gasteiger charge is 2.62. The number of amides is 3. The van der Waals surface area contributed by atoms with Crippen LogP contribution >= 0.6 is 0 Å². The third-order valence-electron chi connectivity index (χ3n) is 10.7. The molecule has 4 aliphatic rings. The first-order valence-electron chi connectivity index (χ1n) is 18.2. The summed E-state index contributed by atoms with van der Waals surface area (Å²) in [5.74, 6) is -2.03. The topological polar surface area (TPSA) is 161 Å². The van der Waals surface area contributed by atoms with Gasteiger partial charge in [-0.2, -0.15) is 18.2 Å². The molecule has 16 heteroatoms. The minimum absolute atomic E-state index is 0.00313. The minimum Gasteiger partial charge on any atom is -0.470 e. The Kier molecular flexibility index (Phi) is 9.13. The van der Waals surface area contributed by atoms with E-state index in [9.17, 15) is 36.0 Å². The zero-order valence-corrected chi connectivity index (χ0v) is 29.9. The molecule has 2 aromatic heterocycles. The lowest BCUT2D eigenvalue weighted by atomic mass is 10.1. The minimum atomic E-state index is -4.53. The predicted octanol–water partition coefficient (Wildman–Crippen LogP) is 5.80. The monoisotopic (exact) mass is 765 g/mol. The van der Waals surface area contributed by atoms with Crippen LogP contribution in [0, 0.1) is 5.92 Å². The molecule has 3 fully saturated rings. The second-order valence-corrected chi connectivity index (χ2v) is 16.5. The van der Waals surface area contributed by atoms with Crippen LogP contribution in [0.25, 0.3) is 33.5 Å². The molecule has 0 spiro atoms. The van der Waals surface area contributed by atoms with E-state index < -0.39 is 62.4 Å². The van der Waals surface area contributed by atoms with E-state index in [-0.39, 0.29) is 49.0 Å². The van der Waals surface area contributed by atoms with Crippen LogP contribution in [0.3, 0.4) is 0 Å². The van der Waals surface area contributed by atoms with Crippen molar-refractivity contribution in [2.24, 2.45) is 5.92 Å². The van der Waals surface area contributed by atoms with Crippen molar-refractivity contribution in [3.63, 3.8) is 0 Å². The summed E-state index contributed by atoms with van der Waals surface area (Å²) >= 11 is 0. The van der Waals surface area contributed by atoms with E-state index in [1.54, 1.807) is 24.3 Å². The molecule has 1 saturated heterocycles. The molecule has 54 heavy (non-hydrogen) atoms. The van der Waals surface area contributed by atoms with Crippen molar-refractivity contribution < 1.29 is 45.1 Å². The summed E-state index contributed by atoms with van der Waals surface area (Å²) in [7, 11) is -3.89. The van der Waals surface area contributed by atoms with Crippen molar-refractivity contribution in [1.82, 2.24) is 24.9 Å². The van der Waals surface area contributed by atoms with Gasteiger partial charge in [-0.25, -0.2) is 13.4 Å². The van der Waals surface area contributed by atoms with Gasteiger partial charge in [0.2, 0.25) is 27.4 Å². The van der Waals surface area contributed by atoms with Crippen LogP contribution in [0.5, 0.6) is 5.88 Å². The van der Waals surface area contributed by atoms with Gasteiger partial charge < -0.3 is 19.4 Å². The molecule has 0 bridgehead atoms. The highest BCUT2D eigenvalue weighted by Crippen LogP contribution is 2.46. The number of carbonyl (C=O) groups is 3. The van der Waals surface area contributed by atoms with E-state index in [1.165, 1.54) is 17.0 Å². The van der Waals surface area contributed by atoms with Crippen LogP contribution in [-0.2, 0) is 30.6 Å². The molecule has 12 nitrogen and oxygen atoms in total. The number of nitrogens with one attached hydrogen (secondary N) is 2. The van der Waals surface area contributed by atoms with E-state index in [4.69, 9.17) is 9.15 Å². The number of allylic oxidation sites excluding steroid dienone is 1. The first kappa shape index (κ1) is 36.0. The standard InChI is InChI=1S/C38H38F3N5O7S/c39-38(40,41)23-15-13-22(14-16-23)33-42-31-27-10-7-8-11-29(27)53-32(31)35(43-33)52-25-19-28-34(48)44-37(36(49)45-54(50,51)26-17-18-26)20-24(37)9-5-3-1-2-4-6-12-30(47)46(28)21-25/h5,7-11,13-16,24-26,28H,1-4,6,12,17-21H2,(H,44,48)(H,45,49)/t24-,25-,28+,37-/m1/s1. The van der Waals surface area contributed by atoms with Crippen LogP contribution in [-0.4, -0.2) is 70.5 Å². The molecular weight excluding hydrogens is 728 g/mol. The van der Waals surface area contributed by atoms with Crippen LogP contribution in [0.1, 0.15) is 69.8 Å². The van der Waals surface area contributed by atoms with Gasteiger partial charge in [-0.15, -0.1) is 0 Å². The van der Waals surface area contributed by atoms with Gasteiger partial charge in [0.25, 0.3) is 11.8 Å². The van der Waals surface area contributed by atoms with E-state index in [0.29, 0.717) is 41.3 Å². The van der Waals surface area contributed by atoms with Crippen molar-refractivity contribution >= 4 is 49.8 Å². The van der Waals surface area contributed by atoms with Gasteiger partial charge in [-0.3, -0.25) is 19.1 Å². The summed E-state index contributed by atoms with van der Waals surface area (Å²) in [5, 5.41) is 2.84. The van der Waals surface area contributed by atoms with Gasteiger partial charge in [0.05, 0.1) is 17.4 Å². The predicted molar refractivity (Wildman–Crippen MR) is 190 cm³/mol. The molecule has 4 aromatic rings. The number of ether oxygens (including phenoxy) is 1. The summed E-state index contributed by atoms with van der Waals surface area (Å²) in [4.78, 5) is 52.1. The number of halogens is 3. The van der Waals surface area contributed by atoms with Crippen molar-refractivity contribution in [1.29, 1.82) is 0 Å². The Morgan fingerprint density at radius 2 is 1.78 bits per heavy atom. The molecule has 2 aliphatic carbocycles. The highest BCUT2D eigenvalue weighted by molar-refractivity contribution is 7.91. The largest absolute Gasteiger partial charge is 0.470 e. The van der Waals surface area contributed by atoms with E-state index >= 15 is 0 Å². The molecule has 284 valence electrons. The number of hydrogen-bond donors (Lipinski definition) is 2. The fourth-order valence-electron chi connectivity index (χ4n) is 7.41. The van der Waals surface area contributed by atoms with Crippen LogP contribution in [0.15, 0.2) is 65.1 Å². The van der Waals surface area contributed by atoms with E-state index in [2.05, 4.69) is 20.0 Å². The summed E-state index contributed by atoms with van der Waals surface area (Å²) in [6.45, 7) is -0.00313. The van der Waals surface area contributed by atoms with Crippen LogP contribution < -0.4 is 14.8 Å². The normalized spacial score (nSPS) is 25.4. The molecule has 2 aliphatic heterocycles. The number of fused-ring (bicyclic) bond motifs is 5. The van der Waals surface area contributed by atoms with Gasteiger partial charge >= 0.3 is 6.18 Å². The summed E-state index contributed by atoms with van der Waals surface area (Å²) in [5.41, 5.74) is -0.986. The lowest BCUT2D eigenvalue weighted by Gasteiger charge is -2.26. The van der Waals surface area contributed by atoms with Gasteiger partial charge in [-0.05, 0) is 62.8 Å². The van der Waals surface area contributed by atoms with Gasteiger partial charge in [0.1, 0.15) is 28.8 Å². The van der Waals surface area contributed by atoms with Crippen molar-refractivity contribution in [3.05, 3.63) is 66.2 Å². The molecule has 0 unspecified atom stereocenters. The van der Waals surface area contributed by atoms with Crippen molar-refractivity contribution in [2.45, 2.75) is 93.3 Å². The molecule has 3 amide bonds. The maximum absolute atomic E-state index is 14.2.